The molecule has 0 radical (unpaired) electrons. The van der Waals surface area contributed by atoms with Crippen molar-refractivity contribution in [3.63, 3.8) is 0 Å². The number of fused-ring (bicyclic) bond motifs is 1. The summed E-state index contributed by atoms with van der Waals surface area (Å²) in [4.78, 5) is 0. The first-order valence-electron chi connectivity index (χ1n) is 6.07. The van der Waals surface area contributed by atoms with Crippen LogP contribution < -0.4 is 5.73 Å². The number of benzene rings is 2. The van der Waals surface area contributed by atoms with Gasteiger partial charge >= 0.3 is 0 Å². The molecule has 1 nitrogen and oxygen atoms in total. The number of rotatable bonds is 3. The Morgan fingerprint density at radius 3 is 2.56 bits per heavy atom. The van der Waals surface area contributed by atoms with Crippen LogP contribution in [0.2, 0.25) is 0 Å². The topological polar surface area (TPSA) is 26.0 Å². The van der Waals surface area contributed by atoms with Crippen LogP contribution in [0, 0.1) is 5.92 Å². The van der Waals surface area contributed by atoms with Crippen LogP contribution in [0.3, 0.4) is 0 Å². The van der Waals surface area contributed by atoms with Crippen LogP contribution in [0.5, 0.6) is 0 Å². The highest BCUT2D eigenvalue weighted by molar-refractivity contribution is 5.83. The van der Waals surface area contributed by atoms with Crippen LogP contribution in [0.4, 0.5) is 0 Å². The molecule has 0 unspecified atom stereocenters. The van der Waals surface area contributed by atoms with Crippen molar-refractivity contribution in [3.8, 4) is 0 Å². The second-order valence-electron chi connectivity index (χ2n) is 4.89. The summed E-state index contributed by atoms with van der Waals surface area (Å²) in [5.74, 6) is 0.890. The maximum Gasteiger partial charge on any atom is 0.0297 e. The summed E-state index contributed by atoms with van der Waals surface area (Å²) in [6, 6.07) is 15.3. The molecule has 1 saturated carbocycles. The molecule has 2 N–H and O–H groups in total. The zero-order valence-corrected chi connectivity index (χ0v) is 9.39. The van der Waals surface area contributed by atoms with Crippen molar-refractivity contribution in [1.82, 2.24) is 0 Å². The van der Waals surface area contributed by atoms with Gasteiger partial charge in [0, 0.05) is 6.04 Å². The molecule has 1 heteroatoms. The van der Waals surface area contributed by atoms with Crippen molar-refractivity contribution in [3.05, 3.63) is 48.0 Å². The van der Waals surface area contributed by atoms with Gasteiger partial charge in [0.25, 0.3) is 0 Å². The second-order valence-corrected chi connectivity index (χ2v) is 4.89. The molecule has 1 aliphatic rings. The van der Waals surface area contributed by atoms with E-state index in [1.54, 1.807) is 0 Å². The Kier molecular flexibility index (Phi) is 2.41. The highest BCUT2D eigenvalue weighted by atomic mass is 14.6. The molecule has 0 spiro atoms. The van der Waals surface area contributed by atoms with Crippen LogP contribution in [0.1, 0.15) is 30.9 Å². The average Bonchev–Trinajstić information content (AvgIpc) is 3.12. The molecule has 0 heterocycles. The predicted molar refractivity (Wildman–Crippen MR) is 68.2 cm³/mol. The molecule has 0 aliphatic heterocycles. The van der Waals surface area contributed by atoms with Gasteiger partial charge in [-0.1, -0.05) is 49.2 Å². The third-order valence-electron chi connectivity index (χ3n) is 3.49. The van der Waals surface area contributed by atoms with E-state index in [4.69, 9.17) is 5.73 Å². The van der Waals surface area contributed by atoms with Gasteiger partial charge in [0.2, 0.25) is 0 Å². The minimum atomic E-state index is 0.220. The fourth-order valence-electron chi connectivity index (χ4n) is 2.29. The summed E-state index contributed by atoms with van der Waals surface area (Å²) in [6.45, 7) is 0. The van der Waals surface area contributed by atoms with E-state index >= 15 is 0 Å². The fourth-order valence-corrected chi connectivity index (χ4v) is 2.29. The van der Waals surface area contributed by atoms with E-state index in [9.17, 15) is 0 Å². The lowest BCUT2D eigenvalue weighted by Crippen LogP contribution is -2.10. The van der Waals surface area contributed by atoms with E-state index in [1.165, 1.54) is 29.2 Å². The Bertz CT molecular complexity index is 500. The van der Waals surface area contributed by atoms with Crippen LogP contribution in [0.25, 0.3) is 10.8 Å². The van der Waals surface area contributed by atoms with Crippen LogP contribution in [-0.4, -0.2) is 0 Å². The molecule has 2 aromatic rings. The van der Waals surface area contributed by atoms with E-state index in [2.05, 4.69) is 42.5 Å². The first kappa shape index (κ1) is 9.86. The van der Waals surface area contributed by atoms with E-state index in [0.717, 1.165) is 12.3 Å². The Labute approximate surface area is 96.3 Å². The van der Waals surface area contributed by atoms with Crippen LogP contribution >= 0.6 is 0 Å². The average molecular weight is 211 g/mol. The van der Waals surface area contributed by atoms with Gasteiger partial charge in [0.15, 0.2) is 0 Å². The Balaban J connectivity index is 1.91. The molecular formula is C15H17N. The van der Waals surface area contributed by atoms with Gasteiger partial charge in [-0.05, 0) is 34.7 Å². The quantitative estimate of drug-likeness (QED) is 0.824. The third kappa shape index (κ3) is 1.96. The monoisotopic (exact) mass is 211 g/mol. The second kappa shape index (κ2) is 3.91. The molecule has 16 heavy (non-hydrogen) atoms. The molecule has 0 bridgehead atoms. The number of hydrogen-bond acceptors (Lipinski definition) is 1. The largest absolute Gasteiger partial charge is 0.324 e. The van der Waals surface area contributed by atoms with Crippen molar-refractivity contribution in [1.29, 1.82) is 0 Å². The summed E-state index contributed by atoms with van der Waals surface area (Å²) in [5, 5.41) is 2.59. The summed E-state index contributed by atoms with van der Waals surface area (Å²) < 4.78 is 0. The smallest absolute Gasteiger partial charge is 0.0297 e. The molecule has 0 saturated heterocycles. The Morgan fingerprint density at radius 2 is 1.81 bits per heavy atom. The van der Waals surface area contributed by atoms with Gasteiger partial charge in [-0.15, -0.1) is 0 Å². The molecule has 1 aliphatic carbocycles. The number of hydrogen-bond donors (Lipinski definition) is 1. The van der Waals surface area contributed by atoms with Crippen molar-refractivity contribution in [2.24, 2.45) is 11.7 Å². The van der Waals surface area contributed by atoms with Gasteiger partial charge in [0.1, 0.15) is 0 Å². The number of nitrogens with two attached hydrogens (primary N) is 1. The molecule has 1 atom stereocenters. The van der Waals surface area contributed by atoms with Crippen molar-refractivity contribution in [2.75, 3.05) is 0 Å². The van der Waals surface area contributed by atoms with E-state index in [0.29, 0.717) is 0 Å². The van der Waals surface area contributed by atoms with Gasteiger partial charge in [-0.2, -0.15) is 0 Å². The van der Waals surface area contributed by atoms with E-state index in [-0.39, 0.29) is 6.04 Å². The van der Waals surface area contributed by atoms with Gasteiger partial charge in [0.05, 0.1) is 0 Å². The Morgan fingerprint density at radius 1 is 1.06 bits per heavy atom. The molecule has 2 aromatic carbocycles. The first-order valence-corrected chi connectivity index (χ1v) is 6.07. The minimum Gasteiger partial charge on any atom is -0.324 e. The van der Waals surface area contributed by atoms with Gasteiger partial charge in [-0.25, -0.2) is 0 Å². The summed E-state index contributed by atoms with van der Waals surface area (Å²) in [6.07, 6.45) is 3.90. The maximum absolute atomic E-state index is 6.23. The van der Waals surface area contributed by atoms with Crippen molar-refractivity contribution >= 4 is 10.8 Å². The molecule has 82 valence electrons. The Hall–Kier alpha value is -1.34. The zero-order valence-electron chi connectivity index (χ0n) is 9.39. The van der Waals surface area contributed by atoms with Crippen LogP contribution in [-0.2, 0) is 0 Å². The molecular weight excluding hydrogens is 194 g/mol. The van der Waals surface area contributed by atoms with Gasteiger partial charge in [-0.3, -0.25) is 0 Å². The van der Waals surface area contributed by atoms with E-state index < -0.39 is 0 Å². The van der Waals surface area contributed by atoms with Crippen molar-refractivity contribution < 1.29 is 0 Å². The highest BCUT2D eigenvalue weighted by Gasteiger charge is 2.24. The lowest BCUT2D eigenvalue weighted by molar-refractivity contribution is 0.597. The normalized spacial score (nSPS) is 17.6. The third-order valence-corrected chi connectivity index (χ3v) is 3.49. The van der Waals surface area contributed by atoms with Crippen molar-refractivity contribution in [2.45, 2.75) is 25.3 Å². The fraction of sp³-hybridized carbons (Fsp3) is 0.333. The SMILES string of the molecule is N[C@H](CC1CC1)c1ccc2ccccc2c1. The predicted octanol–water partition coefficient (Wildman–Crippen LogP) is 3.64. The minimum absolute atomic E-state index is 0.220. The molecule has 0 aromatic heterocycles. The highest BCUT2D eigenvalue weighted by Crippen LogP contribution is 2.37. The maximum atomic E-state index is 6.23. The summed E-state index contributed by atoms with van der Waals surface area (Å²) >= 11 is 0. The van der Waals surface area contributed by atoms with E-state index in [1.807, 2.05) is 0 Å². The van der Waals surface area contributed by atoms with Gasteiger partial charge < -0.3 is 5.73 Å². The summed E-state index contributed by atoms with van der Waals surface area (Å²) in [7, 11) is 0. The van der Waals surface area contributed by atoms with Crippen LogP contribution in [0.15, 0.2) is 42.5 Å². The summed E-state index contributed by atoms with van der Waals surface area (Å²) in [5.41, 5.74) is 7.51. The molecule has 0 amide bonds. The molecule has 3 rings (SSSR count). The zero-order chi connectivity index (χ0) is 11.0. The lowest BCUT2D eigenvalue weighted by Gasteiger charge is -2.12. The molecule has 1 fully saturated rings. The first-order chi connectivity index (χ1) is 7.83. The lowest BCUT2D eigenvalue weighted by atomic mass is 9.99. The standard InChI is InChI=1S/C15H17N/c16-15(9-11-5-6-11)14-8-7-12-3-1-2-4-13(12)10-14/h1-4,7-8,10-11,15H,5-6,9,16H2/t15-/m1/s1.